The van der Waals surface area contributed by atoms with Crippen LogP contribution in [-0.2, 0) is 11.0 Å². The molecule has 22 heavy (non-hydrogen) atoms. The number of hydrogen-bond donors (Lipinski definition) is 2. The highest BCUT2D eigenvalue weighted by molar-refractivity contribution is 7.83. The average Bonchev–Trinajstić information content (AvgIpc) is 2.91. The summed E-state index contributed by atoms with van der Waals surface area (Å²) in [4.78, 5) is 8.90. The SMILES string of the molecule is CCCNS(=O)c1cncc(-c2ccc3nc(N)nn3c2)c1. The van der Waals surface area contributed by atoms with Crippen LogP contribution in [0.1, 0.15) is 13.3 Å². The van der Waals surface area contributed by atoms with Crippen molar-refractivity contribution in [1.29, 1.82) is 0 Å². The van der Waals surface area contributed by atoms with E-state index in [1.165, 1.54) is 0 Å². The van der Waals surface area contributed by atoms with Crippen LogP contribution in [0.2, 0.25) is 0 Å². The maximum Gasteiger partial charge on any atom is 0.240 e. The highest BCUT2D eigenvalue weighted by Crippen LogP contribution is 2.21. The van der Waals surface area contributed by atoms with Gasteiger partial charge in [0.2, 0.25) is 5.95 Å². The van der Waals surface area contributed by atoms with Crippen LogP contribution < -0.4 is 10.5 Å². The first-order chi connectivity index (χ1) is 10.7. The molecule has 0 aliphatic heterocycles. The fourth-order valence-electron chi connectivity index (χ4n) is 2.03. The molecule has 0 aliphatic carbocycles. The van der Waals surface area contributed by atoms with Crippen molar-refractivity contribution in [3.05, 3.63) is 36.8 Å². The molecule has 3 rings (SSSR count). The lowest BCUT2D eigenvalue weighted by Crippen LogP contribution is -2.18. The Morgan fingerprint density at radius 2 is 2.18 bits per heavy atom. The van der Waals surface area contributed by atoms with Gasteiger partial charge in [0.25, 0.3) is 0 Å². The number of nitrogen functional groups attached to an aromatic ring is 1. The summed E-state index contributed by atoms with van der Waals surface area (Å²) in [6, 6.07) is 5.59. The van der Waals surface area contributed by atoms with E-state index in [0.717, 1.165) is 17.5 Å². The summed E-state index contributed by atoms with van der Waals surface area (Å²) in [7, 11) is -1.26. The molecule has 0 saturated heterocycles. The minimum absolute atomic E-state index is 0.230. The van der Waals surface area contributed by atoms with Crippen molar-refractivity contribution in [2.75, 3.05) is 12.3 Å². The molecule has 8 heteroatoms. The predicted octanol–water partition coefficient (Wildman–Crippen LogP) is 1.40. The van der Waals surface area contributed by atoms with Crippen molar-refractivity contribution in [3.8, 4) is 11.1 Å². The zero-order valence-corrected chi connectivity index (χ0v) is 12.9. The molecule has 114 valence electrons. The molecule has 0 amide bonds. The summed E-state index contributed by atoms with van der Waals surface area (Å²) in [6.07, 6.45) is 6.07. The van der Waals surface area contributed by atoms with Gasteiger partial charge >= 0.3 is 0 Å². The van der Waals surface area contributed by atoms with Gasteiger partial charge in [-0.25, -0.2) is 13.4 Å². The van der Waals surface area contributed by atoms with Crippen molar-refractivity contribution in [3.63, 3.8) is 0 Å². The molecule has 3 aromatic rings. The van der Waals surface area contributed by atoms with Gasteiger partial charge in [0.15, 0.2) is 5.65 Å². The van der Waals surface area contributed by atoms with Crippen molar-refractivity contribution in [2.24, 2.45) is 0 Å². The van der Waals surface area contributed by atoms with Crippen LogP contribution in [0.4, 0.5) is 5.95 Å². The third-order valence-electron chi connectivity index (χ3n) is 3.09. The normalized spacial score (nSPS) is 12.6. The first-order valence-corrected chi connectivity index (χ1v) is 8.05. The van der Waals surface area contributed by atoms with E-state index in [9.17, 15) is 4.21 Å². The fraction of sp³-hybridized carbons (Fsp3) is 0.214. The van der Waals surface area contributed by atoms with Crippen molar-refractivity contribution in [2.45, 2.75) is 18.2 Å². The average molecular weight is 316 g/mol. The Balaban J connectivity index is 1.94. The summed E-state index contributed by atoms with van der Waals surface area (Å²) in [5.41, 5.74) is 8.03. The van der Waals surface area contributed by atoms with Gasteiger partial charge in [-0.1, -0.05) is 6.92 Å². The summed E-state index contributed by atoms with van der Waals surface area (Å²) in [5.74, 6) is 0.230. The van der Waals surface area contributed by atoms with Crippen LogP contribution in [0.3, 0.4) is 0 Å². The molecule has 3 N–H and O–H groups in total. The van der Waals surface area contributed by atoms with Crippen molar-refractivity contribution >= 4 is 22.6 Å². The van der Waals surface area contributed by atoms with Crippen LogP contribution in [0.15, 0.2) is 41.7 Å². The van der Waals surface area contributed by atoms with Crippen LogP contribution in [0.25, 0.3) is 16.8 Å². The third kappa shape index (κ3) is 2.97. The maximum atomic E-state index is 12.1. The molecule has 0 radical (unpaired) electrons. The van der Waals surface area contributed by atoms with Gasteiger partial charge in [0.1, 0.15) is 11.0 Å². The second-order valence-electron chi connectivity index (χ2n) is 4.76. The number of nitrogens with zero attached hydrogens (tertiary/aromatic N) is 4. The summed E-state index contributed by atoms with van der Waals surface area (Å²) >= 11 is 0. The first kappa shape index (κ1) is 14.6. The van der Waals surface area contributed by atoms with E-state index in [2.05, 4.69) is 19.8 Å². The van der Waals surface area contributed by atoms with Crippen molar-refractivity contribution in [1.82, 2.24) is 24.3 Å². The number of rotatable bonds is 5. The number of nitrogens with two attached hydrogens (primary N) is 1. The zero-order chi connectivity index (χ0) is 15.5. The largest absolute Gasteiger partial charge is 0.366 e. The van der Waals surface area contributed by atoms with Crippen LogP contribution >= 0.6 is 0 Å². The molecule has 7 nitrogen and oxygen atoms in total. The van der Waals surface area contributed by atoms with Crippen LogP contribution in [-0.4, -0.2) is 30.3 Å². The molecule has 3 heterocycles. The number of pyridine rings is 2. The molecular formula is C14H16N6OS. The molecule has 0 spiro atoms. The van der Waals surface area contributed by atoms with Gasteiger partial charge in [0.05, 0.1) is 4.90 Å². The number of nitrogens with one attached hydrogen (secondary N) is 1. The summed E-state index contributed by atoms with van der Waals surface area (Å²) in [6.45, 7) is 2.72. The molecule has 1 unspecified atom stereocenters. The Labute approximate surface area is 130 Å². The molecule has 3 aromatic heterocycles. The quantitative estimate of drug-likeness (QED) is 0.741. The standard InChI is InChI=1S/C14H16N6OS/c1-2-5-17-22(21)12-6-11(7-16-8-12)10-3-4-13-18-14(15)19-20(13)9-10/h3-4,6-9,17H,2,5H2,1H3,(H2,15,19). The fourth-order valence-corrected chi connectivity index (χ4v) is 2.97. The Morgan fingerprint density at radius 3 is 3.00 bits per heavy atom. The predicted molar refractivity (Wildman–Crippen MR) is 85.3 cm³/mol. The maximum absolute atomic E-state index is 12.1. The second-order valence-corrected chi connectivity index (χ2v) is 6.06. The minimum atomic E-state index is -1.26. The monoisotopic (exact) mass is 316 g/mol. The Hall–Kier alpha value is -2.32. The number of fused-ring (bicyclic) bond motifs is 1. The highest BCUT2D eigenvalue weighted by Gasteiger charge is 2.08. The van der Waals surface area contributed by atoms with E-state index in [0.29, 0.717) is 17.1 Å². The van der Waals surface area contributed by atoms with Crippen LogP contribution in [0.5, 0.6) is 0 Å². The van der Waals surface area contributed by atoms with Crippen LogP contribution in [0, 0.1) is 0 Å². The zero-order valence-electron chi connectivity index (χ0n) is 12.1. The minimum Gasteiger partial charge on any atom is -0.366 e. The molecule has 0 bridgehead atoms. The van der Waals surface area contributed by atoms with E-state index >= 15 is 0 Å². The van der Waals surface area contributed by atoms with Gasteiger partial charge in [-0.2, -0.15) is 4.98 Å². The summed E-state index contributed by atoms with van der Waals surface area (Å²) in [5, 5.41) is 4.09. The smallest absolute Gasteiger partial charge is 0.240 e. The van der Waals surface area contributed by atoms with Gasteiger partial charge in [-0.05, 0) is 24.6 Å². The van der Waals surface area contributed by atoms with Gasteiger partial charge in [0, 0.05) is 36.3 Å². The Bertz CT molecular complexity index is 831. The molecule has 0 saturated carbocycles. The first-order valence-electron chi connectivity index (χ1n) is 6.90. The molecule has 0 fully saturated rings. The van der Waals surface area contributed by atoms with Gasteiger partial charge in [-0.3, -0.25) is 4.98 Å². The lowest BCUT2D eigenvalue weighted by Gasteiger charge is -2.06. The van der Waals surface area contributed by atoms with E-state index in [1.807, 2.05) is 31.3 Å². The van der Waals surface area contributed by atoms with E-state index < -0.39 is 11.0 Å². The molecule has 1 atom stereocenters. The van der Waals surface area contributed by atoms with E-state index in [-0.39, 0.29) is 5.95 Å². The lowest BCUT2D eigenvalue weighted by atomic mass is 10.1. The lowest BCUT2D eigenvalue weighted by molar-refractivity contribution is 0.670. The van der Waals surface area contributed by atoms with Crippen molar-refractivity contribution < 1.29 is 4.21 Å². The van der Waals surface area contributed by atoms with E-state index in [1.54, 1.807) is 16.9 Å². The second kappa shape index (κ2) is 6.20. The highest BCUT2D eigenvalue weighted by atomic mass is 32.2. The molecule has 0 aliphatic rings. The van der Waals surface area contributed by atoms with Gasteiger partial charge in [-0.15, -0.1) is 5.10 Å². The number of aromatic nitrogens is 4. The number of anilines is 1. The third-order valence-corrected chi connectivity index (χ3v) is 4.21. The Kier molecular flexibility index (Phi) is 4.12. The Morgan fingerprint density at radius 1 is 1.32 bits per heavy atom. The van der Waals surface area contributed by atoms with Gasteiger partial charge < -0.3 is 5.73 Å². The number of hydrogen-bond acceptors (Lipinski definition) is 5. The topological polar surface area (TPSA) is 98.2 Å². The molecule has 0 aromatic carbocycles. The molecular weight excluding hydrogens is 300 g/mol. The summed E-state index contributed by atoms with van der Waals surface area (Å²) < 4.78 is 16.7. The van der Waals surface area contributed by atoms with E-state index in [4.69, 9.17) is 5.73 Å².